The first kappa shape index (κ1) is 19.8. The van der Waals surface area contributed by atoms with Crippen LogP contribution < -0.4 is 5.73 Å². The Hall–Kier alpha value is -1.22. The van der Waals surface area contributed by atoms with E-state index >= 15 is 0 Å². The van der Waals surface area contributed by atoms with E-state index in [1.807, 2.05) is 14.0 Å². The van der Waals surface area contributed by atoms with Gasteiger partial charge < -0.3 is 15.0 Å². The van der Waals surface area contributed by atoms with Gasteiger partial charge in [-0.25, -0.2) is 4.98 Å². The molecule has 2 N–H and O–H groups in total. The van der Waals surface area contributed by atoms with Crippen molar-refractivity contribution in [1.82, 2.24) is 20.0 Å². The van der Waals surface area contributed by atoms with Gasteiger partial charge in [0.05, 0.1) is 6.54 Å². The number of nitrogens with zero attached hydrogens (tertiary/aromatic N) is 4. The molecule has 2 rings (SSSR count). The molecular formula is C14H24ClN5O2S. The van der Waals surface area contributed by atoms with E-state index in [-0.39, 0.29) is 18.5 Å². The third-order valence-electron chi connectivity index (χ3n) is 2.93. The molecule has 0 saturated heterocycles. The highest BCUT2D eigenvalue weighted by Crippen LogP contribution is 2.18. The molecule has 0 radical (unpaired) electrons. The molecule has 0 bridgehead atoms. The number of aromatic nitrogens is 3. The molecule has 2 aromatic heterocycles. The first-order valence-corrected chi connectivity index (χ1v) is 8.08. The highest BCUT2D eigenvalue weighted by molar-refractivity contribution is 7.15. The van der Waals surface area contributed by atoms with E-state index in [9.17, 15) is 0 Å². The highest BCUT2D eigenvalue weighted by Gasteiger charge is 2.16. The molecule has 0 aliphatic rings. The van der Waals surface area contributed by atoms with Crippen molar-refractivity contribution in [2.24, 2.45) is 5.92 Å². The first-order chi connectivity index (χ1) is 10.4. The van der Waals surface area contributed by atoms with Gasteiger partial charge in [0.25, 0.3) is 0 Å². The Morgan fingerprint density at radius 2 is 2.09 bits per heavy atom. The Labute approximate surface area is 146 Å². The number of thiazole rings is 1. The minimum absolute atomic E-state index is 0. The minimum Gasteiger partial charge on any atom is -0.375 e. The maximum absolute atomic E-state index is 5.69. The number of hydrogen-bond acceptors (Lipinski definition) is 8. The number of halogens is 1. The Morgan fingerprint density at radius 3 is 2.70 bits per heavy atom. The molecule has 23 heavy (non-hydrogen) atoms. The lowest BCUT2D eigenvalue weighted by Gasteiger charge is -2.12. The van der Waals surface area contributed by atoms with Gasteiger partial charge in [-0.2, -0.15) is 4.98 Å². The summed E-state index contributed by atoms with van der Waals surface area (Å²) < 4.78 is 11.0. The van der Waals surface area contributed by atoms with Crippen LogP contribution in [0.3, 0.4) is 0 Å². The quantitative estimate of drug-likeness (QED) is 0.772. The number of rotatable bonds is 8. The van der Waals surface area contributed by atoms with Gasteiger partial charge in [0, 0.05) is 24.2 Å². The second kappa shape index (κ2) is 9.17. The van der Waals surface area contributed by atoms with E-state index < -0.39 is 0 Å². The fraction of sp³-hybridized carbons (Fsp3) is 0.643. The molecule has 1 atom stereocenters. The fourth-order valence-electron chi connectivity index (χ4n) is 1.86. The monoisotopic (exact) mass is 361 g/mol. The third kappa shape index (κ3) is 6.42. The van der Waals surface area contributed by atoms with Crippen LogP contribution in [0.5, 0.6) is 0 Å². The van der Waals surface area contributed by atoms with Gasteiger partial charge in [-0.3, -0.25) is 4.90 Å². The molecule has 2 heterocycles. The number of hydrogen-bond donors (Lipinski definition) is 1. The van der Waals surface area contributed by atoms with Gasteiger partial charge in [-0.1, -0.05) is 19.0 Å². The molecule has 0 fully saturated rings. The lowest BCUT2D eigenvalue weighted by atomic mass is 10.2. The molecule has 0 saturated carbocycles. The predicted octanol–water partition coefficient (Wildman–Crippen LogP) is 2.90. The van der Waals surface area contributed by atoms with E-state index in [0.29, 0.717) is 35.9 Å². The minimum atomic E-state index is -0.161. The molecule has 2 aromatic rings. The average molecular weight is 362 g/mol. The standard InChI is InChI=1S/C14H23N5O2S.ClH/c1-9(2)8-20-10(3)13-17-12(21-18-13)7-19(4)6-11-5-16-14(15)22-11;/h5,9-10H,6-8H2,1-4H3,(H2,15,16);1H. The molecule has 0 aromatic carbocycles. The van der Waals surface area contributed by atoms with Gasteiger partial charge >= 0.3 is 0 Å². The Bertz CT molecular complexity index is 589. The molecular weight excluding hydrogens is 338 g/mol. The van der Waals surface area contributed by atoms with Crippen LogP contribution >= 0.6 is 23.7 Å². The highest BCUT2D eigenvalue weighted by atomic mass is 35.5. The van der Waals surface area contributed by atoms with Crippen molar-refractivity contribution in [3.8, 4) is 0 Å². The van der Waals surface area contributed by atoms with Gasteiger partial charge in [0.15, 0.2) is 11.0 Å². The van der Waals surface area contributed by atoms with Crippen LogP contribution in [-0.2, 0) is 17.8 Å². The molecule has 0 spiro atoms. The lowest BCUT2D eigenvalue weighted by Crippen LogP contribution is -2.17. The summed E-state index contributed by atoms with van der Waals surface area (Å²) in [6.07, 6.45) is 1.63. The Morgan fingerprint density at radius 1 is 1.35 bits per heavy atom. The van der Waals surface area contributed by atoms with Crippen LogP contribution in [0.4, 0.5) is 5.13 Å². The van der Waals surface area contributed by atoms with Crippen LogP contribution in [-0.4, -0.2) is 33.7 Å². The van der Waals surface area contributed by atoms with Gasteiger partial charge in [-0.05, 0) is 19.9 Å². The molecule has 0 amide bonds. The lowest BCUT2D eigenvalue weighted by molar-refractivity contribution is 0.0402. The number of anilines is 1. The second-order valence-corrected chi connectivity index (χ2v) is 6.90. The molecule has 9 heteroatoms. The van der Waals surface area contributed by atoms with Crippen molar-refractivity contribution in [2.45, 2.75) is 40.0 Å². The first-order valence-electron chi connectivity index (χ1n) is 7.27. The van der Waals surface area contributed by atoms with Crippen LogP contribution in [0.1, 0.15) is 43.5 Å². The maximum Gasteiger partial charge on any atom is 0.240 e. The zero-order chi connectivity index (χ0) is 16.1. The van der Waals surface area contributed by atoms with Crippen molar-refractivity contribution in [3.63, 3.8) is 0 Å². The Balaban J connectivity index is 0.00000264. The summed E-state index contributed by atoms with van der Waals surface area (Å²) in [4.78, 5) is 11.6. The van der Waals surface area contributed by atoms with Gasteiger partial charge in [0.1, 0.15) is 6.10 Å². The number of nitrogen functional groups attached to an aromatic ring is 1. The van der Waals surface area contributed by atoms with Gasteiger partial charge in [0.2, 0.25) is 5.89 Å². The molecule has 7 nitrogen and oxygen atoms in total. The van der Waals surface area contributed by atoms with Crippen molar-refractivity contribution in [1.29, 1.82) is 0 Å². The molecule has 0 aliphatic carbocycles. The van der Waals surface area contributed by atoms with Crippen molar-refractivity contribution >= 4 is 28.9 Å². The van der Waals surface area contributed by atoms with Crippen molar-refractivity contribution in [3.05, 3.63) is 22.8 Å². The molecule has 130 valence electrons. The van der Waals surface area contributed by atoms with Crippen molar-refractivity contribution < 1.29 is 9.26 Å². The molecule has 1 unspecified atom stereocenters. The third-order valence-corrected chi connectivity index (χ3v) is 3.74. The summed E-state index contributed by atoms with van der Waals surface area (Å²) in [5.41, 5.74) is 5.63. The van der Waals surface area contributed by atoms with Gasteiger partial charge in [-0.15, -0.1) is 23.7 Å². The summed E-state index contributed by atoms with van der Waals surface area (Å²) in [5.74, 6) is 1.65. The zero-order valence-electron chi connectivity index (χ0n) is 13.9. The molecule has 0 aliphatic heterocycles. The van der Waals surface area contributed by atoms with E-state index in [1.165, 1.54) is 11.3 Å². The largest absolute Gasteiger partial charge is 0.375 e. The second-order valence-electron chi connectivity index (χ2n) is 5.75. The van der Waals surface area contributed by atoms with Crippen LogP contribution in [0.15, 0.2) is 10.7 Å². The summed E-state index contributed by atoms with van der Waals surface area (Å²) in [5, 5.41) is 4.57. The normalized spacial score (nSPS) is 12.6. The van der Waals surface area contributed by atoms with E-state index in [1.54, 1.807) is 6.20 Å². The summed E-state index contributed by atoms with van der Waals surface area (Å²) in [6, 6.07) is 0. The van der Waals surface area contributed by atoms with Crippen molar-refractivity contribution in [2.75, 3.05) is 19.4 Å². The predicted molar refractivity (Wildman–Crippen MR) is 92.4 cm³/mol. The topological polar surface area (TPSA) is 90.3 Å². The number of nitrogens with two attached hydrogens (primary N) is 1. The smallest absolute Gasteiger partial charge is 0.240 e. The van der Waals surface area contributed by atoms with Crippen LogP contribution in [0.25, 0.3) is 0 Å². The average Bonchev–Trinajstić information content (AvgIpc) is 3.05. The Kier molecular flexibility index (Phi) is 7.90. The number of ether oxygens (including phenoxy) is 1. The summed E-state index contributed by atoms with van der Waals surface area (Å²) >= 11 is 1.48. The fourth-order valence-corrected chi connectivity index (χ4v) is 2.62. The SMILES string of the molecule is CC(C)COC(C)c1noc(CN(C)Cc2cnc(N)s2)n1.Cl. The zero-order valence-corrected chi connectivity index (χ0v) is 15.5. The van der Waals surface area contributed by atoms with Crippen LogP contribution in [0, 0.1) is 5.92 Å². The van der Waals surface area contributed by atoms with E-state index in [4.69, 9.17) is 15.0 Å². The van der Waals surface area contributed by atoms with E-state index in [2.05, 4.69) is 33.9 Å². The maximum atomic E-state index is 5.69. The van der Waals surface area contributed by atoms with E-state index in [0.717, 1.165) is 11.4 Å². The van der Waals surface area contributed by atoms with Crippen LogP contribution in [0.2, 0.25) is 0 Å². The summed E-state index contributed by atoms with van der Waals surface area (Å²) in [6.45, 7) is 8.14. The summed E-state index contributed by atoms with van der Waals surface area (Å²) in [7, 11) is 1.98.